The Bertz CT molecular complexity index is 530. The maximum atomic E-state index is 5.71. The fourth-order valence-electron chi connectivity index (χ4n) is 1.73. The van der Waals surface area contributed by atoms with Crippen molar-refractivity contribution in [2.45, 2.75) is 27.7 Å². The number of rotatable bonds is 2. The Morgan fingerprint density at radius 3 is 2.53 bits per heavy atom. The third-order valence-corrected chi connectivity index (χ3v) is 2.43. The Morgan fingerprint density at radius 1 is 1.24 bits per heavy atom. The summed E-state index contributed by atoms with van der Waals surface area (Å²) >= 11 is 0. The van der Waals surface area contributed by atoms with Crippen LogP contribution >= 0.6 is 0 Å². The van der Waals surface area contributed by atoms with Gasteiger partial charge in [0.05, 0.1) is 0 Å². The van der Waals surface area contributed by atoms with Crippen molar-refractivity contribution in [3.8, 4) is 0 Å². The van der Waals surface area contributed by atoms with Gasteiger partial charge in [-0.2, -0.15) is 0 Å². The van der Waals surface area contributed by atoms with Crippen molar-refractivity contribution in [1.29, 1.82) is 0 Å². The van der Waals surface area contributed by atoms with E-state index in [4.69, 9.17) is 4.42 Å². The van der Waals surface area contributed by atoms with E-state index < -0.39 is 0 Å². The molecule has 1 aromatic heterocycles. The van der Waals surface area contributed by atoms with E-state index >= 15 is 0 Å². The molecule has 1 heteroatoms. The van der Waals surface area contributed by atoms with Crippen molar-refractivity contribution in [1.82, 2.24) is 0 Å². The molecule has 17 heavy (non-hydrogen) atoms. The second kappa shape index (κ2) is 6.09. The summed E-state index contributed by atoms with van der Waals surface area (Å²) in [4.78, 5) is 0. The van der Waals surface area contributed by atoms with Gasteiger partial charge in [-0.15, -0.1) is 0 Å². The molecule has 1 nitrogen and oxygen atoms in total. The van der Waals surface area contributed by atoms with Gasteiger partial charge in [-0.3, -0.25) is 0 Å². The lowest BCUT2D eigenvalue weighted by Crippen LogP contribution is -1.73. The van der Waals surface area contributed by atoms with Crippen molar-refractivity contribution in [3.05, 3.63) is 47.7 Å². The number of furan rings is 1. The Balaban J connectivity index is 0.000000686. The molecule has 0 saturated heterocycles. The van der Waals surface area contributed by atoms with Crippen LogP contribution in [0.4, 0.5) is 0 Å². The monoisotopic (exact) mass is 228 g/mol. The van der Waals surface area contributed by atoms with Crippen LogP contribution in [0.25, 0.3) is 23.1 Å². The van der Waals surface area contributed by atoms with Crippen molar-refractivity contribution in [3.63, 3.8) is 0 Å². The average molecular weight is 228 g/mol. The van der Waals surface area contributed by atoms with Gasteiger partial charge in [0, 0.05) is 10.9 Å². The molecule has 0 unspecified atom stereocenters. The highest BCUT2D eigenvalue weighted by Crippen LogP contribution is 2.28. The van der Waals surface area contributed by atoms with Crippen molar-refractivity contribution in [2.24, 2.45) is 0 Å². The largest absolute Gasteiger partial charge is 0.456 e. The second-order valence-corrected chi connectivity index (χ2v) is 3.58. The van der Waals surface area contributed by atoms with Gasteiger partial charge in [-0.05, 0) is 31.6 Å². The molecule has 1 aromatic carbocycles. The van der Waals surface area contributed by atoms with E-state index in [0.717, 1.165) is 22.3 Å². The number of hydrogen-bond donors (Lipinski definition) is 0. The predicted molar refractivity (Wildman–Crippen MR) is 77.1 cm³/mol. The molecular weight excluding hydrogens is 208 g/mol. The first-order chi connectivity index (χ1) is 8.26. The number of aryl methyl sites for hydroxylation is 1. The lowest BCUT2D eigenvalue weighted by Gasteiger charge is -1.92. The Hall–Kier alpha value is -1.76. The minimum atomic E-state index is 0.841. The molecule has 0 amide bonds. The first-order valence-corrected chi connectivity index (χ1v) is 6.04. The van der Waals surface area contributed by atoms with E-state index in [1.807, 2.05) is 26.8 Å². The maximum absolute atomic E-state index is 5.71. The molecule has 0 fully saturated rings. The minimum Gasteiger partial charge on any atom is -0.456 e. The van der Waals surface area contributed by atoms with E-state index in [0.29, 0.717) is 0 Å². The normalized spacial score (nSPS) is 10.4. The first kappa shape index (κ1) is 13.3. The van der Waals surface area contributed by atoms with Gasteiger partial charge in [-0.1, -0.05) is 44.7 Å². The topological polar surface area (TPSA) is 13.1 Å². The molecule has 0 aliphatic carbocycles. The van der Waals surface area contributed by atoms with Crippen LogP contribution in [0.3, 0.4) is 0 Å². The summed E-state index contributed by atoms with van der Waals surface area (Å²) in [5.74, 6) is 0.841. The number of benzene rings is 1. The van der Waals surface area contributed by atoms with Crippen LogP contribution in [0.1, 0.15) is 37.7 Å². The lowest BCUT2D eigenvalue weighted by atomic mass is 10.1. The molecule has 0 saturated carbocycles. The lowest BCUT2D eigenvalue weighted by molar-refractivity contribution is 0.603. The molecule has 0 radical (unpaired) electrons. The molecule has 0 spiro atoms. The van der Waals surface area contributed by atoms with Gasteiger partial charge >= 0.3 is 0 Å². The van der Waals surface area contributed by atoms with Crippen LogP contribution < -0.4 is 0 Å². The Labute approximate surface area is 103 Å². The highest BCUT2D eigenvalue weighted by Gasteiger charge is 2.08. The fraction of sp³-hybridized carbons (Fsp3) is 0.250. The number of allylic oxidation sites excluding steroid dienone is 1. The summed E-state index contributed by atoms with van der Waals surface area (Å²) in [6.45, 7) is 11.8. The number of fused-ring (bicyclic) bond motifs is 1. The van der Waals surface area contributed by atoms with E-state index in [9.17, 15) is 0 Å². The van der Waals surface area contributed by atoms with Crippen molar-refractivity contribution >= 4 is 23.1 Å². The van der Waals surface area contributed by atoms with Crippen LogP contribution in [-0.4, -0.2) is 0 Å². The molecular formula is C16H20O. The fourth-order valence-corrected chi connectivity index (χ4v) is 1.73. The molecule has 2 rings (SSSR count). The SMILES string of the molecule is C=Cc1oc2cc(C)ccc2c1/C=C\C.CC. The average Bonchev–Trinajstić information content (AvgIpc) is 2.69. The standard InChI is InChI=1S/C14H14O.C2H6/c1-4-6-11-12-8-7-10(3)9-14(12)15-13(11)5-2;1-2/h4-9H,2H2,1,3H3;1-2H3/b6-4-;. The number of hydrogen-bond acceptors (Lipinski definition) is 1. The van der Waals surface area contributed by atoms with Crippen LogP contribution in [0.2, 0.25) is 0 Å². The second-order valence-electron chi connectivity index (χ2n) is 3.58. The Kier molecular flexibility index (Phi) is 4.77. The van der Waals surface area contributed by atoms with Crippen LogP contribution in [0.15, 0.2) is 35.3 Å². The minimum absolute atomic E-state index is 0.841. The summed E-state index contributed by atoms with van der Waals surface area (Å²) in [6, 6.07) is 6.24. The highest BCUT2D eigenvalue weighted by molar-refractivity contribution is 5.91. The summed E-state index contributed by atoms with van der Waals surface area (Å²) in [5, 5.41) is 1.15. The molecule has 0 atom stereocenters. The van der Waals surface area contributed by atoms with Gasteiger partial charge in [0.2, 0.25) is 0 Å². The van der Waals surface area contributed by atoms with Crippen LogP contribution in [0.5, 0.6) is 0 Å². The van der Waals surface area contributed by atoms with Gasteiger partial charge in [0.1, 0.15) is 11.3 Å². The molecule has 0 aliphatic heterocycles. The molecule has 2 aromatic rings. The van der Waals surface area contributed by atoms with Gasteiger partial charge in [0.25, 0.3) is 0 Å². The van der Waals surface area contributed by atoms with Crippen LogP contribution in [0, 0.1) is 6.92 Å². The Morgan fingerprint density at radius 2 is 1.94 bits per heavy atom. The quantitative estimate of drug-likeness (QED) is 0.666. The summed E-state index contributed by atoms with van der Waals surface area (Å²) in [7, 11) is 0. The summed E-state index contributed by atoms with van der Waals surface area (Å²) < 4.78 is 5.71. The summed E-state index contributed by atoms with van der Waals surface area (Å²) in [6.07, 6.45) is 5.82. The first-order valence-electron chi connectivity index (χ1n) is 6.04. The zero-order valence-electron chi connectivity index (χ0n) is 11.1. The van der Waals surface area contributed by atoms with E-state index in [1.54, 1.807) is 6.08 Å². The van der Waals surface area contributed by atoms with Gasteiger partial charge in [-0.25, -0.2) is 0 Å². The third kappa shape index (κ3) is 2.68. The van der Waals surface area contributed by atoms with Crippen molar-refractivity contribution in [2.75, 3.05) is 0 Å². The molecule has 0 N–H and O–H groups in total. The zero-order chi connectivity index (χ0) is 12.8. The summed E-state index contributed by atoms with van der Waals surface area (Å²) in [5.41, 5.74) is 3.25. The predicted octanol–water partition coefficient (Wildman–Crippen LogP) is 5.44. The van der Waals surface area contributed by atoms with Crippen LogP contribution in [-0.2, 0) is 0 Å². The smallest absolute Gasteiger partial charge is 0.135 e. The maximum Gasteiger partial charge on any atom is 0.135 e. The van der Waals surface area contributed by atoms with Gasteiger partial charge in [0.15, 0.2) is 0 Å². The molecule has 1 heterocycles. The zero-order valence-corrected chi connectivity index (χ0v) is 11.1. The molecule has 0 bridgehead atoms. The third-order valence-electron chi connectivity index (χ3n) is 2.43. The van der Waals surface area contributed by atoms with E-state index in [2.05, 4.69) is 37.8 Å². The molecule has 0 aliphatic rings. The van der Waals surface area contributed by atoms with Gasteiger partial charge < -0.3 is 4.42 Å². The van der Waals surface area contributed by atoms with E-state index in [1.165, 1.54) is 5.56 Å². The van der Waals surface area contributed by atoms with Crippen molar-refractivity contribution < 1.29 is 4.42 Å². The highest BCUT2D eigenvalue weighted by atomic mass is 16.3. The molecule has 90 valence electrons. The van der Waals surface area contributed by atoms with E-state index in [-0.39, 0.29) is 0 Å².